The van der Waals surface area contributed by atoms with Crippen molar-refractivity contribution in [2.75, 3.05) is 18.1 Å². The predicted octanol–water partition coefficient (Wildman–Crippen LogP) is 3.38. The smallest absolute Gasteiger partial charge is 0.266 e. The van der Waals surface area contributed by atoms with Crippen LogP contribution in [0.15, 0.2) is 67.0 Å². The molecule has 1 atom stereocenters. The Morgan fingerprint density at radius 3 is 2.42 bits per heavy atom. The van der Waals surface area contributed by atoms with Crippen molar-refractivity contribution in [3.05, 3.63) is 94.8 Å². The van der Waals surface area contributed by atoms with E-state index in [0.717, 1.165) is 41.9 Å². The number of aromatic nitrogens is 1. The summed E-state index contributed by atoms with van der Waals surface area (Å²) in [5, 5.41) is 2.85. The van der Waals surface area contributed by atoms with Crippen molar-refractivity contribution in [1.29, 1.82) is 0 Å². The number of nitrogens with one attached hydrogen (secondary N) is 1. The molecule has 0 spiro atoms. The molecule has 2 aliphatic heterocycles. The van der Waals surface area contributed by atoms with Crippen molar-refractivity contribution in [2.24, 2.45) is 0 Å². The van der Waals surface area contributed by atoms with Gasteiger partial charge in [-0.2, -0.15) is 0 Å². The van der Waals surface area contributed by atoms with Gasteiger partial charge in [0.1, 0.15) is 0 Å². The molecule has 3 aromatic rings. The molecule has 3 heterocycles. The number of ether oxygens (including phenoxy) is 1. The molecule has 5 rings (SSSR count). The number of carbonyl (C=O) groups is 3. The molecule has 1 fully saturated rings. The van der Waals surface area contributed by atoms with E-state index >= 15 is 0 Å². The van der Waals surface area contributed by atoms with Crippen LogP contribution in [-0.2, 0) is 11.2 Å². The third-order valence-electron chi connectivity index (χ3n) is 6.02. The molecule has 7 heteroatoms. The monoisotopic (exact) mass is 441 g/mol. The molecule has 0 radical (unpaired) electrons. The van der Waals surface area contributed by atoms with E-state index < -0.39 is 5.91 Å². The Morgan fingerprint density at radius 2 is 1.70 bits per heavy atom. The number of hydrogen-bond acceptors (Lipinski definition) is 5. The zero-order valence-corrected chi connectivity index (χ0v) is 18.0. The maximum atomic E-state index is 13.1. The minimum atomic E-state index is -0.425. The molecule has 33 heavy (non-hydrogen) atoms. The summed E-state index contributed by atoms with van der Waals surface area (Å²) >= 11 is 0. The van der Waals surface area contributed by atoms with Gasteiger partial charge in [0, 0.05) is 31.1 Å². The Balaban J connectivity index is 1.31. The summed E-state index contributed by atoms with van der Waals surface area (Å²) in [5.41, 5.74) is 3.59. The summed E-state index contributed by atoms with van der Waals surface area (Å²) in [7, 11) is 0. The summed E-state index contributed by atoms with van der Waals surface area (Å²) in [6.45, 7) is 1.15. The number of benzene rings is 2. The fourth-order valence-electron chi connectivity index (χ4n) is 4.23. The molecule has 1 N–H and O–H groups in total. The second-order valence-electron chi connectivity index (χ2n) is 8.25. The van der Waals surface area contributed by atoms with Crippen LogP contribution in [0.3, 0.4) is 0 Å². The van der Waals surface area contributed by atoms with Gasteiger partial charge in [-0.25, -0.2) is 4.90 Å². The summed E-state index contributed by atoms with van der Waals surface area (Å²) in [6.07, 6.45) is 6.18. The van der Waals surface area contributed by atoms with Gasteiger partial charge in [-0.05, 0) is 72.9 Å². The summed E-state index contributed by atoms with van der Waals surface area (Å²) in [5.74, 6) is -1.10. The first-order valence-electron chi connectivity index (χ1n) is 11.0. The van der Waals surface area contributed by atoms with E-state index in [2.05, 4.69) is 10.3 Å². The molecule has 0 unspecified atom stereocenters. The Morgan fingerprint density at radius 1 is 0.970 bits per heavy atom. The molecule has 1 saturated heterocycles. The minimum absolute atomic E-state index is 0.0311. The van der Waals surface area contributed by atoms with Crippen LogP contribution < -0.4 is 10.2 Å². The van der Waals surface area contributed by atoms with Gasteiger partial charge in [-0.3, -0.25) is 19.4 Å². The third-order valence-corrected chi connectivity index (χ3v) is 6.02. The van der Waals surface area contributed by atoms with Gasteiger partial charge in [-0.1, -0.05) is 12.1 Å². The van der Waals surface area contributed by atoms with Crippen LogP contribution in [0.25, 0.3) is 0 Å². The maximum absolute atomic E-state index is 13.1. The summed E-state index contributed by atoms with van der Waals surface area (Å²) in [4.78, 5) is 43.7. The standard InChI is InChI=1S/C26H23N3O4/c30-24(28-16-21-2-1-13-33-21)19-5-8-22-23(15-19)26(32)29(25(22)31)20-6-3-17(4-7-20)14-18-9-11-27-12-10-18/h3-12,15,21H,1-2,13-14,16H2,(H,28,30)/t21-/m1/s1. The highest BCUT2D eigenvalue weighted by Gasteiger charge is 2.37. The molecule has 1 aromatic heterocycles. The van der Waals surface area contributed by atoms with E-state index in [0.29, 0.717) is 23.4 Å². The van der Waals surface area contributed by atoms with Gasteiger partial charge < -0.3 is 10.1 Å². The Labute approximate surface area is 191 Å². The van der Waals surface area contributed by atoms with Gasteiger partial charge in [0.2, 0.25) is 0 Å². The van der Waals surface area contributed by atoms with E-state index in [1.165, 1.54) is 6.07 Å². The van der Waals surface area contributed by atoms with E-state index in [1.807, 2.05) is 24.3 Å². The SMILES string of the molecule is O=C(NC[C@H]1CCCO1)c1ccc2c(c1)C(=O)N(c1ccc(Cc3ccncc3)cc1)C2=O. The normalized spacial score (nSPS) is 17.3. The van der Waals surface area contributed by atoms with Crippen molar-refractivity contribution in [3.63, 3.8) is 0 Å². The van der Waals surface area contributed by atoms with E-state index in [1.54, 1.807) is 36.7 Å². The fourth-order valence-corrected chi connectivity index (χ4v) is 4.23. The first-order chi connectivity index (χ1) is 16.1. The third kappa shape index (κ3) is 4.27. The van der Waals surface area contributed by atoms with Gasteiger partial charge in [0.05, 0.1) is 22.9 Å². The van der Waals surface area contributed by atoms with E-state index in [9.17, 15) is 14.4 Å². The Bertz CT molecular complexity index is 1200. The Hall–Kier alpha value is -3.84. The van der Waals surface area contributed by atoms with Crippen LogP contribution >= 0.6 is 0 Å². The average Bonchev–Trinajstić information content (AvgIpc) is 3.45. The molecule has 166 valence electrons. The van der Waals surface area contributed by atoms with Crippen molar-refractivity contribution in [3.8, 4) is 0 Å². The van der Waals surface area contributed by atoms with Gasteiger partial charge in [-0.15, -0.1) is 0 Å². The van der Waals surface area contributed by atoms with Gasteiger partial charge in [0.25, 0.3) is 17.7 Å². The number of pyridine rings is 1. The average molecular weight is 441 g/mol. The number of carbonyl (C=O) groups excluding carboxylic acids is 3. The van der Waals surface area contributed by atoms with Crippen molar-refractivity contribution in [1.82, 2.24) is 10.3 Å². The van der Waals surface area contributed by atoms with Crippen molar-refractivity contribution >= 4 is 23.4 Å². The van der Waals surface area contributed by atoms with Crippen LogP contribution in [-0.4, -0.2) is 42.0 Å². The second kappa shape index (κ2) is 8.96. The highest BCUT2D eigenvalue weighted by molar-refractivity contribution is 6.34. The molecule has 2 aliphatic rings. The molecule has 7 nitrogen and oxygen atoms in total. The minimum Gasteiger partial charge on any atom is -0.376 e. The molecular weight excluding hydrogens is 418 g/mol. The lowest BCUT2D eigenvalue weighted by Crippen LogP contribution is -2.31. The molecule has 0 bridgehead atoms. The number of amides is 3. The lowest BCUT2D eigenvalue weighted by Gasteiger charge is -2.14. The fraction of sp³-hybridized carbons (Fsp3) is 0.231. The van der Waals surface area contributed by atoms with Crippen LogP contribution in [0.2, 0.25) is 0 Å². The van der Waals surface area contributed by atoms with Gasteiger partial charge >= 0.3 is 0 Å². The molecular formula is C26H23N3O4. The largest absolute Gasteiger partial charge is 0.376 e. The first kappa shape index (κ1) is 21.0. The predicted molar refractivity (Wildman–Crippen MR) is 122 cm³/mol. The van der Waals surface area contributed by atoms with Crippen LogP contribution in [0.1, 0.15) is 55.0 Å². The van der Waals surface area contributed by atoms with Crippen LogP contribution in [0, 0.1) is 0 Å². The molecule has 0 saturated carbocycles. The first-order valence-corrected chi connectivity index (χ1v) is 11.0. The topological polar surface area (TPSA) is 88.6 Å². The number of fused-ring (bicyclic) bond motifs is 1. The second-order valence-corrected chi connectivity index (χ2v) is 8.25. The van der Waals surface area contributed by atoms with Crippen molar-refractivity contribution < 1.29 is 19.1 Å². The van der Waals surface area contributed by atoms with Crippen molar-refractivity contribution in [2.45, 2.75) is 25.4 Å². The molecule has 3 amide bonds. The number of rotatable bonds is 6. The van der Waals surface area contributed by atoms with Crippen LogP contribution in [0.5, 0.6) is 0 Å². The van der Waals surface area contributed by atoms with E-state index in [-0.39, 0.29) is 23.5 Å². The number of nitrogens with zero attached hydrogens (tertiary/aromatic N) is 2. The molecule has 0 aliphatic carbocycles. The highest BCUT2D eigenvalue weighted by Crippen LogP contribution is 2.29. The number of hydrogen-bond donors (Lipinski definition) is 1. The molecule has 2 aromatic carbocycles. The lowest BCUT2D eigenvalue weighted by atomic mass is 10.1. The number of imide groups is 1. The summed E-state index contributed by atoms with van der Waals surface area (Å²) < 4.78 is 5.53. The zero-order chi connectivity index (χ0) is 22.8. The number of anilines is 1. The highest BCUT2D eigenvalue weighted by atomic mass is 16.5. The van der Waals surface area contributed by atoms with Crippen LogP contribution in [0.4, 0.5) is 5.69 Å². The summed E-state index contributed by atoms with van der Waals surface area (Å²) in [6, 6.07) is 15.9. The maximum Gasteiger partial charge on any atom is 0.266 e. The van der Waals surface area contributed by atoms with E-state index in [4.69, 9.17) is 4.74 Å². The zero-order valence-electron chi connectivity index (χ0n) is 18.0. The van der Waals surface area contributed by atoms with Gasteiger partial charge in [0.15, 0.2) is 0 Å². The lowest BCUT2D eigenvalue weighted by molar-refractivity contribution is 0.0857. The Kier molecular flexibility index (Phi) is 5.71. The quantitative estimate of drug-likeness (QED) is 0.593.